The van der Waals surface area contributed by atoms with Crippen molar-refractivity contribution in [1.82, 2.24) is 4.90 Å². The zero-order valence-corrected chi connectivity index (χ0v) is 13.2. The molecule has 2 N–H and O–H groups in total. The third kappa shape index (κ3) is 2.70. The van der Waals surface area contributed by atoms with E-state index in [1.54, 1.807) is 11.3 Å². The van der Waals surface area contributed by atoms with Crippen molar-refractivity contribution < 1.29 is 0 Å². The number of halogens is 2. The molecular formula is C11H16Br2N2S. The monoisotopic (exact) mass is 366 g/mol. The van der Waals surface area contributed by atoms with E-state index in [1.165, 1.54) is 17.7 Å². The molecule has 5 heteroatoms. The summed E-state index contributed by atoms with van der Waals surface area (Å²) >= 11 is 8.88. The summed E-state index contributed by atoms with van der Waals surface area (Å²) in [5, 5.41) is 0. The van der Waals surface area contributed by atoms with E-state index in [0.717, 1.165) is 20.8 Å². The van der Waals surface area contributed by atoms with Crippen molar-refractivity contribution in [2.24, 2.45) is 5.73 Å². The third-order valence-corrected chi connectivity index (χ3v) is 6.35. The molecule has 1 aromatic rings. The molecule has 1 fully saturated rings. The predicted octanol–water partition coefficient (Wildman–Crippen LogP) is 3.76. The first-order valence-corrected chi connectivity index (χ1v) is 7.98. The molecule has 2 rings (SSSR count). The molecule has 0 saturated heterocycles. The van der Waals surface area contributed by atoms with Gasteiger partial charge in [-0.25, -0.2) is 0 Å². The lowest BCUT2D eigenvalue weighted by Gasteiger charge is -2.28. The maximum Gasteiger partial charge on any atom is 0.0843 e. The number of rotatable bonds is 5. The van der Waals surface area contributed by atoms with Gasteiger partial charge in [-0.2, -0.15) is 0 Å². The summed E-state index contributed by atoms with van der Waals surface area (Å²) in [6.45, 7) is 4.00. The highest BCUT2D eigenvalue weighted by molar-refractivity contribution is 9.13. The van der Waals surface area contributed by atoms with Crippen LogP contribution in [0.15, 0.2) is 14.3 Å². The van der Waals surface area contributed by atoms with Crippen LogP contribution in [0.3, 0.4) is 0 Å². The lowest BCUT2D eigenvalue weighted by molar-refractivity contribution is 0.205. The second kappa shape index (κ2) is 5.48. The van der Waals surface area contributed by atoms with Crippen molar-refractivity contribution in [1.29, 1.82) is 0 Å². The molecule has 16 heavy (non-hydrogen) atoms. The van der Waals surface area contributed by atoms with Gasteiger partial charge in [0.15, 0.2) is 0 Å². The van der Waals surface area contributed by atoms with Gasteiger partial charge < -0.3 is 5.73 Å². The number of nitrogens with two attached hydrogens (primary N) is 1. The van der Waals surface area contributed by atoms with Crippen LogP contribution in [0, 0.1) is 0 Å². The molecule has 1 aliphatic carbocycles. The van der Waals surface area contributed by atoms with E-state index in [-0.39, 0.29) is 0 Å². The van der Waals surface area contributed by atoms with Gasteiger partial charge in [0.05, 0.1) is 9.83 Å². The van der Waals surface area contributed by atoms with E-state index >= 15 is 0 Å². The minimum Gasteiger partial charge on any atom is -0.329 e. The van der Waals surface area contributed by atoms with Gasteiger partial charge in [-0.05, 0) is 57.3 Å². The van der Waals surface area contributed by atoms with Gasteiger partial charge >= 0.3 is 0 Å². The summed E-state index contributed by atoms with van der Waals surface area (Å²) < 4.78 is 2.30. The summed E-state index contributed by atoms with van der Waals surface area (Å²) in [5.74, 6) is 0. The Hall–Kier alpha value is 0.580. The fourth-order valence-corrected chi connectivity index (χ4v) is 4.31. The van der Waals surface area contributed by atoms with Crippen LogP contribution < -0.4 is 5.73 Å². The van der Waals surface area contributed by atoms with Gasteiger partial charge in [-0.3, -0.25) is 4.90 Å². The highest BCUT2D eigenvalue weighted by atomic mass is 79.9. The minimum atomic E-state index is 0.380. The molecule has 0 bridgehead atoms. The number of likely N-dealkylation sites (N-methyl/N-ethyl adjacent to an activating group) is 1. The van der Waals surface area contributed by atoms with E-state index in [0.29, 0.717) is 12.6 Å². The third-order valence-electron chi connectivity index (χ3n) is 3.00. The summed E-state index contributed by atoms with van der Waals surface area (Å²) in [7, 11) is 0. The quantitative estimate of drug-likeness (QED) is 0.858. The summed E-state index contributed by atoms with van der Waals surface area (Å²) in [4.78, 5) is 3.89. The smallest absolute Gasteiger partial charge is 0.0843 e. The molecule has 1 unspecified atom stereocenters. The van der Waals surface area contributed by atoms with Crippen molar-refractivity contribution in [3.05, 3.63) is 19.2 Å². The molecule has 0 aromatic carbocycles. The van der Waals surface area contributed by atoms with Gasteiger partial charge in [0.2, 0.25) is 0 Å². The molecule has 2 nitrogen and oxygen atoms in total. The SMILES string of the molecule is CCN(C1CC1)C(CN)c1cc(Br)c(Br)s1. The van der Waals surface area contributed by atoms with Crippen molar-refractivity contribution >= 4 is 43.2 Å². The van der Waals surface area contributed by atoms with Gasteiger partial charge in [0, 0.05) is 21.9 Å². The minimum absolute atomic E-state index is 0.380. The van der Waals surface area contributed by atoms with Crippen LogP contribution in [0.25, 0.3) is 0 Å². The molecule has 1 aliphatic rings. The van der Waals surface area contributed by atoms with Crippen molar-refractivity contribution in [3.63, 3.8) is 0 Å². The van der Waals surface area contributed by atoms with E-state index in [1.807, 2.05) is 0 Å². The molecule has 0 aliphatic heterocycles. The van der Waals surface area contributed by atoms with E-state index < -0.39 is 0 Å². The van der Waals surface area contributed by atoms with E-state index in [9.17, 15) is 0 Å². The predicted molar refractivity (Wildman–Crippen MR) is 76.9 cm³/mol. The Morgan fingerprint density at radius 3 is 2.62 bits per heavy atom. The summed E-state index contributed by atoms with van der Waals surface area (Å²) in [5.41, 5.74) is 5.94. The van der Waals surface area contributed by atoms with Crippen LogP contribution in [0.5, 0.6) is 0 Å². The van der Waals surface area contributed by atoms with Crippen molar-refractivity contribution in [2.45, 2.75) is 31.8 Å². The lowest BCUT2D eigenvalue weighted by atomic mass is 10.2. The zero-order chi connectivity index (χ0) is 11.7. The number of hydrogen-bond donors (Lipinski definition) is 1. The van der Waals surface area contributed by atoms with Crippen molar-refractivity contribution in [2.75, 3.05) is 13.1 Å². The van der Waals surface area contributed by atoms with Crippen LogP contribution in [0.4, 0.5) is 0 Å². The van der Waals surface area contributed by atoms with Gasteiger partial charge in [-0.15, -0.1) is 11.3 Å². The zero-order valence-electron chi connectivity index (χ0n) is 9.25. The van der Waals surface area contributed by atoms with Crippen LogP contribution in [-0.2, 0) is 0 Å². The van der Waals surface area contributed by atoms with Crippen LogP contribution >= 0.6 is 43.2 Å². The highest BCUT2D eigenvalue weighted by Gasteiger charge is 2.33. The van der Waals surface area contributed by atoms with E-state index in [2.05, 4.69) is 49.7 Å². The Balaban J connectivity index is 2.20. The Kier molecular flexibility index (Phi) is 4.46. The Morgan fingerprint density at radius 1 is 1.56 bits per heavy atom. The van der Waals surface area contributed by atoms with Crippen LogP contribution in [0.1, 0.15) is 30.7 Å². The van der Waals surface area contributed by atoms with Gasteiger partial charge in [-0.1, -0.05) is 6.92 Å². The molecular weight excluding hydrogens is 352 g/mol. The summed E-state index contributed by atoms with van der Waals surface area (Å²) in [6, 6.07) is 3.33. The summed E-state index contributed by atoms with van der Waals surface area (Å²) in [6.07, 6.45) is 2.66. The Bertz CT molecular complexity index is 343. The molecule has 1 aromatic heterocycles. The fourth-order valence-electron chi connectivity index (χ4n) is 2.08. The molecule has 1 saturated carbocycles. The van der Waals surface area contributed by atoms with Crippen molar-refractivity contribution in [3.8, 4) is 0 Å². The Morgan fingerprint density at radius 2 is 2.25 bits per heavy atom. The average molecular weight is 368 g/mol. The number of hydrogen-bond acceptors (Lipinski definition) is 3. The molecule has 90 valence electrons. The second-order valence-corrected chi connectivity index (χ2v) is 7.34. The molecule has 0 radical (unpaired) electrons. The largest absolute Gasteiger partial charge is 0.329 e. The normalized spacial score (nSPS) is 18.1. The molecule has 1 heterocycles. The van der Waals surface area contributed by atoms with Crippen LogP contribution in [0.2, 0.25) is 0 Å². The van der Waals surface area contributed by atoms with Gasteiger partial charge in [0.1, 0.15) is 0 Å². The Labute approximate surface area is 117 Å². The van der Waals surface area contributed by atoms with Crippen LogP contribution in [-0.4, -0.2) is 24.0 Å². The topological polar surface area (TPSA) is 29.3 Å². The first kappa shape index (κ1) is 13.0. The van der Waals surface area contributed by atoms with Gasteiger partial charge in [0.25, 0.3) is 0 Å². The standard InChI is InChI=1S/C11H16Br2N2S/c1-2-15(7-3-4-7)9(6-14)10-5-8(12)11(13)16-10/h5,7,9H,2-4,6,14H2,1H3. The first-order chi connectivity index (χ1) is 7.67. The van der Waals surface area contributed by atoms with E-state index in [4.69, 9.17) is 5.73 Å². The molecule has 1 atom stereocenters. The fraction of sp³-hybridized carbons (Fsp3) is 0.636. The highest BCUT2D eigenvalue weighted by Crippen LogP contribution is 2.40. The maximum atomic E-state index is 5.94. The molecule has 0 amide bonds. The first-order valence-electron chi connectivity index (χ1n) is 5.57. The maximum absolute atomic E-state index is 5.94. The average Bonchev–Trinajstić information content (AvgIpc) is 3.03. The molecule has 0 spiro atoms. The second-order valence-electron chi connectivity index (χ2n) is 4.08. The number of nitrogens with zero attached hydrogens (tertiary/aromatic N) is 1. The lowest BCUT2D eigenvalue weighted by Crippen LogP contribution is -2.34. The number of thiophene rings is 1.